The highest BCUT2D eigenvalue weighted by atomic mass is 16.8. The molecule has 5 aliphatic heterocycles. The molecule has 13 rings (SSSR count). The lowest BCUT2D eigenvalue weighted by Crippen LogP contribution is -2.63. The number of aliphatic hydroxyl groups is 2. The zero-order valence-corrected chi connectivity index (χ0v) is 54.8. The van der Waals surface area contributed by atoms with E-state index in [4.69, 9.17) is 52.1 Å². The van der Waals surface area contributed by atoms with Crippen LogP contribution in [0, 0.1) is 0 Å². The van der Waals surface area contributed by atoms with Crippen molar-refractivity contribution in [3.8, 4) is 177 Å². The van der Waals surface area contributed by atoms with Gasteiger partial charge in [-0.1, -0.05) is 0 Å². The molecule has 0 bridgehead atoms. The topological polar surface area (TPSA) is 744 Å². The van der Waals surface area contributed by atoms with Gasteiger partial charge in [0.05, 0.1) is 51.1 Å². The molecule has 44 nitrogen and oxygen atoms in total. The summed E-state index contributed by atoms with van der Waals surface area (Å²) in [5.41, 5.74) is -17.9. The van der Waals surface area contributed by atoms with Crippen LogP contribution in [0.1, 0.15) is 82.9 Å². The summed E-state index contributed by atoms with van der Waals surface area (Å²) in [6.45, 7) is -2.87. The van der Waals surface area contributed by atoms with E-state index in [0.29, 0.717) is 36.4 Å². The predicted molar refractivity (Wildman–Crippen MR) is 344 cm³/mol. The number of phenolic OH excluding ortho intramolecular Hbond substituents is 23. The van der Waals surface area contributed by atoms with E-state index in [0.717, 1.165) is 0 Å². The van der Waals surface area contributed by atoms with Gasteiger partial charge in [-0.25, -0.2) is 38.4 Å². The highest BCUT2D eigenvalue weighted by molar-refractivity contribution is 6.13. The zero-order valence-electron chi connectivity index (χ0n) is 54.8. The Hall–Kier alpha value is -15.4. The number of fused-ring (bicyclic) bond motifs is 13. The van der Waals surface area contributed by atoms with Gasteiger partial charge in [0.2, 0.25) is 70.8 Å². The molecule has 0 radical (unpaired) electrons. The number of ether oxygens (including phenoxy) is 11. The first kappa shape index (κ1) is 74.8. The Bertz CT molecular complexity index is 5480. The van der Waals surface area contributed by atoms with E-state index in [1.807, 2.05) is 0 Å². The average Bonchev–Trinajstić information content (AvgIpc) is 1.10. The number of carbonyl (C=O) groups excluding carboxylic acids is 8. The van der Waals surface area contributed by atoms with Crippen LogP contribution in [0.5, 0.6) is 144 Å². The fraction of sp³-hybridized carbons (Fsp3) is 0.176. The van der Waals surface area contributed by atoms with Crippen LogP contribution in [0.15, 0.2) is 54.6 Å². The Kier molecular flexibility index (Phi) is 18.1. The van der Waals surface area contributed by atoms with Crippen molar-refractivity contribution < 1.29 is 218 Å². The summed E-state index contributed by atoms with van der Waals surface area (Å²) in [5.74, 6) is -54.1. The molecule has 10 atom stereocenters. The van der Waals surface area contributed by atoms with Crippen LogP contribution in [0.25, 0.3) is 33.4 Å². The number of esters is 8. The van der Waals surface area contributed by atoms with Crippen molar-refractivity contribution in [2.24, 2.45) is 0 Å². The smallest absolute Gasteiger partial charge is 0.343 e. The van der Waals surface area contributed by atoms with E-state index in [9.17, 15) is 156 Å². The number of carbonyl (C=O) groups is 8. The number of benzene rings is 8. The summed E-state index contributed by atoms with van der Waals surface area (Å²) in [4.78, 5) is 118. The normalized spacial score (nSPS) is 21.2. The Morgan fingerprint density at radius 2 is 0.661 bits per heavy atom. The number of hydrogen-bond acceptors (Lipinski definition) is 44. The second-order valence-electron chi connectivity index (χ2n) is 24.5. The van der Waals surface area contributed by atoms with Gasteiger partial charge in [-0.05, 0) is 54.6 Å². The van der Waals surface area contributed by atoms with Crippen molar-refractivity contribution in [3.05, 3.63) is 99.1 Å². The van der Waals surface area contributed by atoms with Crippen molar-refractivity contribution in [2.75, 3.05) is 13.2 Å². The maximum absolute atomic E-state index is 15.9. The molecule has 25 N–H and O–H groups in total. The minimum Gasteiger partial charge on any atom is -0.504 e. The first-order chi connectivity index (χ1) is 52.8. The maximum atomic E-state index is 15.9. The average molecular weight is 1570 g/mol. The van der Waals surface area contributed by atoms with Crippen LogP contribution in [0.2, 0.25) is 0 Å². The van der Waals surface area contributed by atoms with E-state index in [-0.39, 0.29) is 18.2 Å². The minimum absolute atomic E-state index is 0.246. The second-order valence-corrected chi connectivity index (χ2v) is 24.5. The van der Waals surface area contributed by atoms with Gasteiger partial charge in [-0.3, -0.25) is 0 Å². The third-order valence-electron chi connectivity index (χ3n) is 17.9. The standard InChI is InChI=1S/C68H48O44/c69-10-28-44(85)55-57(109-64(99)17-8-25(76)41(82)47(88)32(17)30-15(62(97)107-55)6-23(74)39(80)45(30)86)67(104-28)112-60(95)13-3-21(72)38(79)27(4-13)103-54-36-35(50(91)51(92)52(54)93)34-14(5-22(73)43(84)49(34)90)61(96)102-11-29-53(106-66(36)101)56-58(68(105-29)111-59(94)12-1-19(70)37(78)20(71)2-12)110-65(100)18-9-26(77)42(83)48(89)33(18)31-16(63(98)108-56)7-24(75)40(81)46(31)87/h1-9,28-29,44,53,55-58,67-93H,10-11H2/t28-,29-,44-,53-,55-,56+,57-,58-,67-,68+/m1/s1. The van der Waals surface area contributed by atoms with Crippen molar-refractivity contribution >= 4 is 47.8 Å². The molecule has 584 valence electrons. The molecule has 5 heterocycles. The Balaban J connectivity index is 0.950. The molecule has 112 heavy (non-hydrogen) atoms. The maximum Gasteiger partial charge on any atom is 0.343 e. The Morgan fingerprint density at radius 3 is 1.08 bits per heavy atom. The minimum atomic E-state index is -2.90. The summed E-state index contributed by atoms with van der Waals surface area (Å²) < 4.78 is 62.1. The molecular weight excluding hydrogens is 1520 g/mol. The largest absolute Gasteiger partial charge is 0.504 e. The first-order valence-corrected chi connectivity index (χ1v) is 31.2. The van der Waals surface area contributed by atoms with Crippen molar-refractivity contribution in [1.29, 1.82) is 0 Å². The van der Waals surface area contributed by atoms with Gasteiger partial charge in [-0.15, -0.1) is 0 Å². The molecule has 5 aliphatic rings. The van der Waals surface area contributed by atoms with E-state index in [1.54, 1.807) is 0 Å². The highest BCUT2D eigenvalue weighted by Crippen LogP contribution is 2.60. The van der Waals surface area contributed by atoms with E-state index in [1.165, 1.54) is 0 Å². The first-order valence-electron chi connectivity index (χ1n) is 31.2. The molecule has 44 heteroatoms. The lowest BCUT2D eigenvalue weighted by molar-refractivity contribution is -0.283. The summed E-state index contributed by atoms with van der Waals surface area (Å²) in [6.07, 6.45) is -26.2. The molecule has 0 unspecified atom stereocenters. The number of cyclic esters (lactones) is 1. The number of hydrogen-bond donors (Lipinski definition) is 25. The Morgan fingerprint density at radius 1 is 0.330 bits per heavy atom. The summed E-state index contributed by atoms with van der Waals surface area (Å²) in [6, 6.07) is 3.07. The van der Waals surface area contributed by atoms with Crippen molar-refractivity contribution in [3.63, 3.8) is 0 Å². The van der Waals surface area contributed by atoms with Gasteiger partial charge in [-0.2, -0.15) is 0 Å². The fourth-order valence-corrected chi connectivity index (χ4v) is 12.6. The van der Waals surface area contributed by atoms with Crippen LogP contribution in [-0.2, 0) is 47.4 Å². The fourth-order valence-electron chi connectivity index (χ4n) is 12.6. The van der Waals surface area contributed by atoms with Gasteiger partial charge in [0.15, 0.2) is 116 Å². The van der Waals surface area contributed by atoms with Gasteiger partial charge in [0, 0.05) is 27.8 Å². The van der Waals surface area contributed by atoms with Crippen LogP contribution in [-0.4, -0.2) is 250 Å². The van der Waals surface area contributed by atoms with E-state index >= 15 is 9.59 Å². The molecule has 0 spiro atoms. The number of aliphatic hydroxyl groups excluding tert-OH is 2. The highest BCUT2D eigenvalue weighted by Gasteiger charge is 2.58. The third-order valence-corrected chi connectivity index (χ3v) is 17.9. The zero-order chi connectivity index (χ0) is 81.5. The van der Waals surface area contributed by atoms with Crippen LogP contribution in [0.4, 0.5) is 0 Å². The summed E-state index contributed by atoms with van der Waals surface area (Å²) in [5, 5.41) is 275. The van der Waals surface area contributed by atoms with Gasteiger partial charge < -0.3 is 180 Å². The third kappa shape index (κ3) is 11.9. The van der Waals surface area contributed by atoms with Gasteiger partial charge in [0.25, 0.3) is 0 Å². The molecule has 0 amide bonds. The molecule has 0 saturated carbocycles. The molecule has 2 saturated heterocycles. The molecule has 0 aliphatic carbocycles. The lowest BCUT2D eigenvalue weighted by atomic mass is 9.90. The molecule has 2 fully saturated rings. The summed E-state index contributed by atoms with van der Waals surface area (Å²) in [7, 11) is 0. The Labute approximate surface area is 614 Å². The van der Waals surface area contributed by atoms with E-state index in [2.05, 4.69) is 0 Å². The van der Waals surface area contributed by atoms with Crippen molar-refractivity contribution in [1.82, 2.24) is 0 Å². The van der Waals surface area contributed by atoms with E-state index < -0.39 is 344 Å². The molecule has 8 aromatic rings. The predicted octanol–water partition coefficient (Wildman–Crippen LogP) is 1.75. The van der Waals surface area contributed by atoms with Crippen LogP contribution < -0.4 is 4.74 Å². The molecule has 8 aromatic carbocycles. The summed E-state index contributed by atoms with van der Waals surface area (Å²) >= 11 is 0. The van der Waals surface area contributed by atoms with Gasteiger partial charge in [0.1, 0.15) is 30.5 Å². The molecule has 0 aromatic heterocycles. The number of rotatable bonds is 7. The second kappa shape index (κ2) is 27.1. The van der Waals surface area contributed by atoms with Gasteiger partial charge >= 0.3 is 47.8 Å². The lowest BCUT2D eigenvalue weighted by Gasteiger charge is -2.44. The number of aromatic hydroxyl groups is 23. The van der Waals surface area contributed by atoms with Crippen LogP contribution >= 0.6 is 0 Å². The monoisotopic (exact) mass is 1570 g/mol. The molecular formula is C68H48O44. The quantitative estimate of drug-likeness (QED) is 0.0614. The number of phenols is 23. The SMILES string of the molecule is O=C(O[C@@H]1O[C@@H]2COC(=O)c3cc(O)c(O)c(O)c3-c3c(O)c(O)c(O)c(Oc4cc(C(=O)O[C@H]5O[C@H](CO)[C@@H](O)[C@H]6OC(=O)c7cc(O)c(O)c(O)c7-c7c(cc(O)c(O)c7O)C(=O)O[C@@H]56)cc(O)c4O)c3C(=O)O[C@H]2[C@@H]2OC(=O)c3cc(O)c(O)c(O)c3-c3c(cc(O)c(O)c3O)C(=O)O[C@@H]12)c1cc(O)c(O)c(O)c1. The van der Waals surface area contributed by atoms with Crippen LogP contribution in [0.3, 0.4) is 0 Å². The van der Waals surface area contributed by atoms with Crippen molar-refractivity contribution in [2.45, 2.75) is 61.4 Å².